The molecule has 0 heterocycles. The zero-order valence-electron chi connectivity index (χ0n) is 17.9. The molecule has 3 aromatic carbocycles. The Kier molecular flexibility index (Phi) is 6.37. The van der Waals surface area contributed by atoms with Crippen molar-refractivity contribution in [3.8, 4) is 0 Å². The molecule has 0 unspecified atom stereocenters. The van der Waals surface area contributed by atoms with Crippen molar-refractivity contribution < 1.29 is 4.92 Å². The second kappa shape index (κ2) is 8.96. The molecule has 5 heteroatoms. The SMILES string of the molecule is [C-]#[N+]c1cc(CC(C)C)c(Nc2c([N+](=O)[O-])ccc3ccccc23)c(CC(C)C)c1. The van der Waals surface area contributed by atoms with Gasteiger partial charge < -0.3 is 5.32 Å². The first-order valence-electron chi connectivity index (χ1n) is 10.3. The van der Waals surface area contributed by atoms with Crippen molar-refractivity contribution in [2.24, 2.45) is 11.8 Å². The summed E-state index contributed by atoms with van der Waals surface area (Å²) in [6, 6.07) is 14.8. The Hall–Kier alpha value is -3.39. The molecular weight excluding hydrogens is 374 g/mol. The standard InChI is InChI=1S/C25H27N3O2/c1-16(2)12-19-14-21(26-5)15-20(13-17(3)4)24(19)27-25-22-9-7-6-8-18(22)10-11-23(25)28(29)30/h6-11,14-17,27H,12-13H2,1-4H3. The third-order valence-electron chi connectivity index (χ3n) is 5.03. The largest absolute Gasteiger partial charge is 0.349 e. The van der Waals surface area contributed by atoms with Gasteiger partial charge in [-0.15, -0.1) is 0 Å². The van der Waals surface area contributed by atoms with Crippen LogP contribution >= 0.6 is 0 Å². The number of hydrogen-bond donors (Lipinski definition) is 1. The van der Waals surface area contributed by atoms with Crippen molar-refractivity contribution in [1.82, 2.24) is 0 Å². The average molecular weight is 402 g/mol. The van der Waals surface area contributed by atoms with Gasteiger partial charge in [0.15, 0.2) is 5.69 Å². The number of anilines is 2. The van der Waals surface area contributed by atoms with Gasteiger partial charge in [-0.25, -0.2) is 4.85 Å². The molecular formula is C25H27N3O2. The van der Waals surface area contributed by atoms with Crippen LogP contribution in [-0.2, 0) is 12.8 Å². The van der Waals surface area contributed by atoms with E-state index in [1.54, 1.807) is 12.1 Å². The van der Waals surface area contributed by atoms with E-state index in [1.807, 2.05) is 36.4 Å². The smallest absolute Gasteiger partial charge is 0.293 e. The van der Waals surface area contributed by atoms with Crippen LogP contribution in [0.25, 0.3) is 15.6 Å². The van der Waals surface area contributed by atoms with Gasteiger partial charge in [0.2, 0.25) is 0 Å². The van der Waals surface area contributed by atoms with Gasteiger partial charge in [0.25, 0.3) is 5.69 Å². The monoisotopic (exact) mass is 401 g/mol. The molecule has 154 valence electrons. The van der Waals surface area contributed by atoms with E-state index in [2.05, 4.69) is 37.9 Å². The first kappa shape index (κ1) is 21.3. The van der Waals surface area contributed by atoms with Crippen molar-refractivity contribution in [1.29, 1.82) is 0 Å². The highest BCUT2D eigenvalue weighted by atomic mass is 16.6. The van der Waals surface area contributed by atoms with Crippen molar-refractivity contribution in [2.75, 3.05) is 5.32 Å². The van der Waals surface area contributed by atoms with E-state index in [0.717, 1.165) is 40.4 Å². The fourth-order valence-electron chi connectivity index (χ4n) is 3.84. The number of nitrogens with one attached hydrogen (secondary N) is 1. The van der Waals surface area contributed by atoms with Gasteiger partial charge >= 0.3 is 0 Å². The summed E-state index contributed by atoms with van der Waals surface area (Å²) in [5.41, 5.74) is 4.11. The molecule has 5 nitrogen and oxygen atoms in total. The van der Waals surface area contributed by atoms with Gasteiger partial charge in [-0.2, -0.15) is 0 Å². The minimum absolute atomic E-state index is 0.0500. The highest BCUT2D eigenvalue weighted by Gasteiger charge is 2.21. The van der Waals surface area contributed by atoms with Crippen LogP contribution < -0.4 is 5.32 Å². The summed E-state index contributed by atoms with van der Waals surface area (Å²) in [7, 11) is 0. The second-order valence-electron chi connectivity index (χ2n) is 8.51. The van der Waals surface area contributed by atoms with Gasteiger partial charge in [0.05, 0.1) is 11.5 Å². The van der Waals surface area contributed by atoms with E-state index in [-0.39, 0.29) is 10.6 Å². The maximum Gasteiger partial charge on any atom is 0.293 e. The Morgan fingerprint density at radius 2 is 1.57 bits per heavy atom. The number of nitro benzene ring substituents is 1. The molecule has 0 amide bonds. The topological polar surface area (TPSA) is 59.5 Å². The Morgan fingerprint density at radius 1 is 0.967 bits per heavy atom. The fraction of sp³-hybridized carbons (Fsp3) is 0.320. The molecule has 3 aromatic rings. The highest BCUT2D eigenvalue weighted by molar-refractivity contribution is 6.00. The first-order valence-corrected chi connectivity index (χ1v) is 10.3. The number of nitrogens with zero attached hydrogens (tertiary/aromatic N) is 2. The summed E-state index contributed by atoms with van der Waals surface area (Å²) in [6.45, 7) is 16.0. The van der Waals surface area contributed by atoms with Crippen LogP contribution in [0.1, 0.15) is 38.8 Å². The lowest BCUT2D eigenvalue weighted by Gasteiger charge is -2.21. The summed E-state index contributed by atoms with van der Waals surface area (Å²) < 4.78 is 0. The van der Waals surface area contributed by atoms with Crippen molar-refractivity contribution in [3.63, 3.8) is 0 Å². The van der Waals surface area contributed by atoms with Crippen molar-refractivity contribution >= 4 is 33.5 Å². The zero-order valence-corrected chi connectivity index (χ0v) is 17.9. The van der Waals surface area contributed by atoms with Crippen LogP contribution in [0, 0.1) is 28.5 Å². The first-order chi connectivity index (χ1) is 14.3. The number of hydrogen-bond acceptors (Lipinski definition) is 3. The lowest BCUT2D eigenvalue weighted by Crippen LogP contribution is -2.07. The van der Waals surface area contributed by atoms with Crippen LogP contribution in [-0.4, -0.2) is 4.92 Å². The molecule has 3 rings (SSSR count). The molecule has 0 aliphatic heterocycles. The maximum atomic E-state index is 11.8. The molecule has 0 saturated carbocycles. The summed E-state index contributed by atoms with van der Waals surface area (Å²) in [4.78, 5) is 15.1. The van der Waals surface area contributed by atoms with E-state index in [0.29, 0.717) is 23.2 Å². The normalized spacial score (nSPS) is 11.1. The molecule has 0 aromatic heterocycles. The van der Waals surface area contributed by atoms with Crippen LogP contribution in [0.3, 0.4) is 0 Å². The minimum atomic E-state index is -0.341. The van der Waals surface area contributed by atoms with E-state index in [9.17, 15) is 10.1 Å². The number of benzene rings is 3. The summed E-state index contributed by atoms with van der Waals surface area (Å²) in [5, 5.41) is 17.0. The maximum absolute atomic E-state index is 11.8. The fourth-order valence-corrected chi connectivity index (χ4v) is 3.84. The van der Waals surface area contributed by atoms with Gasteiger partial charge in [0, 0.05) is 17.1 Å². The van der Waals surface area contributed by atoms with Crippen molar-refractivity contribution in [2.45, 2.75) is 40.5 Å². The summed E-state index contributed by atoms with van der Waals surface area (Å²) in [6.07, 6.45) is 1.57. The Balaban J connectivity index is 2.26. The lowest BCUT2D eigenvalue weighted by atomic mass is 9.93. The van der Waals surface area contributed by atoms with E-state index >= 15 is 0 Å². The van der Waals surface area contributed by atoms with Gasteiger partial charge in [-0.1, -0.05) is 64.1 Å². The molecule has 0 aliphatic rings. The van der Waals surface area contributed by atoms with Crippen molar-refractivity contribution in [3.05, 3.63) is 81.2 Å². The van der Waals surface area contributed by atoms with Crippen LogP contribution in [0.5, 0.6) is 0 Å². The lowest BCUT2D eigenvalue weighted by molar-refractivity contribution is -0.383. The Bertz CT molecular complexity index is 1100. The summed E-state index contributed by atoms with van der Waals surface area (Å²) >= 11 is 0. The molecule has 0 atom stereocenters. The van der Waals surface area contributed by atoms with Gasteiger partial charge in [0.1, 0.15) is 5.69 Å². The number of nitro groups is 1. The zero-order chi connectivity index (χ0) is 21.8. The average Bonchev–Trinajstić information content (AvgIpc) is 2.68. The van der Waals surface area contributed by atoms with Crippen LogP contribution in [0.15, 0.2) is 48.5 Å². The minimum Gasteiger partial charge on any atom is -0.349 e. The quantitative estimate of drug-likeness (QED) is 0.254. The van der Waals surface area contributed by atoms with Crippen LogP contribution in [0.4, 0.5) is 22.7 Å². The molecule has 0 radical (unpaired) electrons. The number of fused-ring (bicyclic) bond motifs is 1. The molecule has 0 spiro atoms. The molecule has 0 fully saturated rings. The van der Waals surface area contributed by atoms with E-state index in [1.165, 1.54) is 0 Å². The molecule has 0 aliphatic carbocycles. The summed E-state index contributed by atoms with van der Waals surface area (Å²) in [5.74, 6) is 0.780. The molecule has 1 N–H and O–H groups in total. The van der Waals surface area contributed by atoms with Crippen LogP contribution in [0.2, 0.25) is 0 Å². The number of rotatable bonds is 7. The molecule has 0 saturated heterocycles. The van der Waals surface area contributed by atoms with E-state index < -0.39 is 0 Å². The molecule has 0 bridgehead atoms. The van der Waals surface area contributed by atoms with E-state index in [4.69, 9.17) is 6.57 Å². The predicted octanol–water partition coefficient (Wildman–Crippen LogP) is 7.44. The Labute approximate surface area is 177 Å². The second-order valence-corrected chi connectivity index (χ2v) is 8.51. The van der Waals surface area contributed by atoms with Gasteiger partial charge in [-0.3, -0.25) is 10.1 Å². The predicted molar refractivity (Wildman–Crippen MR) is 124 cm³/mol. The third kappa shape index (κ3) is 4.60. The van der Waals surface area contributed by atoms with Gasteiger partial charge in [-0.05, 0) is 47.3 Å². The third-order valence-corrected chi connectivity index (χ3v) is 5.03. The Morgan fingerprint density at radius 3 is 2.10 bits per heavy atom. The highest BCUT2D eigenvalue weighted by Crippen LogP contribution is 2.39. The molecule has 30 heavy (non-hydrogen) atoms.